The van der Waals surface area contributed by atoms with E-state index in [9.17, 15) is 14.7 Å². The largest absolute Gasteiger partial charge is 0.386 e. The van der Waals surface area contributed by atoms with Crippen molar-refractivity contribution in [3.63, 3.8) is 0 Å². The minimum Gasteiger partial charge on any atom is -0.381 e. The molecule has 3 unspecified atom stereocenters. The third-order valence-corrected chi connectivity index (χ3v) is 3.22. The smallest absolute Gasteiger partial charge is 0.381 e. The van der Waals surface area contributed by atoms with E-state index in [4.69, 9.17) is 5.11 Å². The molecule has 0 bridgehead atoms. The first-order valence-corrected chi connectivity index (χ1v) is 5.75. The molecule has 0 spiro atoms. The number of carbonyl (C=O) groups excluding carboxylic acids is 2. The summed E-state index contributed by atoms with van der Waals surface area (Å²) in [5.41, 5.74) is -1.59. The average Bonchev–Trinajstić information content (AvgIpc) is 2.66. The van der Waals surface area contributed by atoms with Crippen molar-refractivity contribution in [3.05, 3.63) is 0 Å². The number of hydrogen-bond donors (Lipinski definition) is 2. The molecule has 6 heteroatoms. The Balaban J connectivity index is 2.47. The quantitative estimate of drug-likeness (QED) is 0.550. The van der Waals surface area contributed by atoms with Crippen LogP contribution in [-0.2, 0) is 19.4 Å². The second kappa shape index (κ2) is 5.46. The molecule has 2 N–H and O–H groups in total. The fraction of sp³-hybridized carbons (Fsp3) is 0.818. The number of carbonyl (C=O) groups is 2. The van der Waals surface area contributed by atoms with Crippen LogP contribution in [0.5, 0.6) is 0 Å². The summed E-state index contributed by atoms with van der Waals surface area (Å²) in [6.45, 7) is 3.32. The van der Waals surface area contributed by atoms with Crippen molar-refractivity contribution >= 4 is 11.9 Å². The van der Waals surface area contributed by atoms with Crippen molar-refractivity contribution in [2.75, 3.05) is 0 Å². The lowest BCUT2D eigenvalue weighted by atomic mass is 9.93. The van der Waals surface area contributed by atoms with Crippen LogP contribution in [0.4, 0.5) is 0 Å². The predicted octanol–water partition coefficient (Wildman–Crippen LogP) is 0.310. The van der Waals surface area contributed by atoms with Crippen LogP contribution < -0.4 is 0 Å². The Morgan fingerprint density at radius 3 is 2.59 bits per heavy atom. The molecule has 1 saturated carbocycles. The molecule has 1 rings (SSSR count). The molecule has 1 fully saturated rings. The van der Waals surface area contributed by atoms with Crippen molar-refractivity contribution in [1.29, 1.82) is 0 Å². The summed E-state index contributed by atoms with van der Waals surface area (Å²) in [6, 6.07) is 0. The van der Waals surface area contributed by atoms with Crippen LogP contribution in [0.25, 0.3) is 0 Å². The number of hydrogen-bond acceptors (Lipinski definition) is 6. The van der Waals surface area contributed by atoms with E-state index in [2.05, 4.69) is 9.78 Å². The standard InChI is InChI=1S/C11H18O6/c1-3-8(12)9(13)16-17-10(14)11(15)6-4-5-7(11)2/h7-8,12,15H,3-6H2,1-2H3. The SMILES string of the molecule is CCC(O)C(=O)OOC(=O)C1(O)CCCC1C. The highest BCUT2D eigenvalue weighted by molar-refractivity contribution is 5.81. The summed E-state index contributed by atoms with van der Waals surface area (Å²) in [6.07, 6.45) is 0.575. The maximum absolute atomic E-state index is 11.6. The second-order valence-corrected chi connectivity index (χ2v) is 4.41. The first kappa shape index (κ1) is 13.9. The van der Waals surface area contributed by atoms with Gasteiger partial charge in [0.2, 0.25) is 0 Å². The first-order valence-electron chi connectivity index (χ1n) is 5.75. The van der Waals surface area contributed by atoms with Gasteiger partial charge in [0.05, 0.1) is 0 Å². The normalized spacial score (nSPS) is 29.8. The Kier molecular flexibility index (Phi) is 4.47. The van der Waals surface area contributed by atoms with E-state index < -0.39 is 23.6 Å². The van der Waals surface area contributed by atoms with Crippen molar-refractivity contribution in [1.82, 2.24) is 0 Å². The Labute approximate surface area is 99.5 Å². The van der Waals surface area contributed by atoms with Gasteiger partial charge in [-0.05, 0) is 31.6 Å². The molecule has 0 aromatic rings. The van der Waals surface area contributed by atoms with Crippen LogP contribution >= 0.6 is 0 Å². The zero-order valence-electron chi connectivity index (χ0n) is 10.0. The number of aliphatic hydroxyl groups is 2. The minimum atomic E-state index is -1.59. The highest BCUT2D eigenvalue weighted by Gasteiger charge is 2.47. The van der Waals surface area contributed by atoms with E-state index in [1.54, 1.807) is 13.8 Å². The number of aliphatic hydroxyl groups excluding tert-OH is 1. The predicted molar refractivity (Wildman–Crippen MR) is 56.4 cm³/mol. The lowest BCUT2D eigenvalue weighted by Gasteiger charge is -2.23. The topological polar surface area (TPSA) is 93.1 Å². The van der Waals surface area contributed by atoms with Gasteiger partial charge in [0.1, 0.15) is 0 Å². The maximum Gasteiger partial charge on any atom is 0.386 e. The first-order chi connectivity index (χ1) is 7.91. The highest BCUT2D eigenvalue weighted by atomic mass is 17.2. The Hall–Kier alpha value is -1.14. The minimum absolute atomic E-state index is 0.164. The lowest BCUT2D eigenvalue weighted by molar-refractivity contribution is -0.276. The van der Waals surface area contributed by atoms with Crippen molar-refractivity contribution in [2.24, 2.45) is 5.92 Å². The molecule has 1 aliphatic rings. The highest BCUT2D eigenvalue weighted by Crippen LogP contribution is 2.36. The molecule has 0 radical (unpaired) electrons. The molecule has 0 saturated heterocycles. The fourth-order valence-electron chi connectivity index (χ4n) is 1.84. The fourth-order valence-corrected chi connectivity index (χ4v) is 1.84. The molecule has 1 aliphatic carbocycles. The molecular formula is C11H18O6. The molecule has 0 aliphatic heterocycles. The van der Waals surface area contributed by atoms with Crippen LogP contribution in [0.1, 0.15) is 39.5 Å². The van der Waals surface area contributed by atoms with Gasteiger partial charge in [0.15, 0.2) is 11.7 Å². The van der Waals surface area contributed by atoms with E-state index in [0.717, 1.165) is 12.8 Å². The molecule has 3 atom stereocenters. The third-order valence-electron chi connectivity index (χ3n) is 3.22. The Bertz CT molecular complexity index is 302. The molecule has 0 heterocycles. The summed E-state index contributed by atoms with van der Waals surface area (Å²) in [7, 11) is 0. The van der Waals surface area contributed by atoms with Crippen molar-refractivity contribution < 1.29 is 29.6 Å². The number of rotatable bonds is 3. The van der Waals surface area contributed by atoms with Gasteiger partial charge in [-0.25, -0.2) is 19.4 Å². The molecule has 0 aromatic heterocycles. The second-order valence-electron chi connectivity index (χ2n) is 4.41. The summed E-state index contributed by atoms with van der Waals surface area (Å²) in [4.78, 5) is 31.1. The molecule has 17 heavy (non-hydrogen) atoms. The maximum atomic E-state index is 11.6. The van der Waals surface area contributed by atoms with Gasteiger partial charge in [-0.15, -0.1) is 0 Å². The Morgan fingerprint density at radius 2 is 2.12 bits per heavy atom. The van der Waals surface area contributed by atoms with E-state index in [1.807, 2.05) is 0 Å². The summed E-state index contributed by atoms with van der Waals surface area (Å²) < 4.78 is 0. The van der Waals surface area contributed by atoms with Crippen LogP contribution in [0.15, 0.2) is 0 Å². The van der Waals surface area contributed by atoms with Gasteiger partial charge in [0.25, 0.3) is 0 Å². The molecular weight excluding hydrogens is 228 g/mol. The van der Waals surface area contributed by atoms with E-state index >= 15 is 0 Å². The van der Waals surface area contributed by atoms with Crippen molar-refractivity contribution in [3.8, 4) is 0 Å². The van der Waals surface area contributed by atoms with Gasteiger partial charge in [-0.3, -0.25) is 0 Å². The van der Waals surface area contributed by atoms with E-state index in [-0.39, 0.29) is 12.3 Å². The Morgan fingerprint density at radius 1 is 1.47 bits per heavy atom. The molecule has 98 valence electrons. The average molecular weight is 246 g/mol. The molecule has 0 aromatic carbocycles. The van der Waals surface area contributed by atoms with Crippen molar-refractivity contribution in [2.45, 2.75) is 51.2 Å². The van der Waals surface area contributed by atoms with Gasteiger partial charge in [-0.1, -0.05) is 13.8 Å². The van der Waals surface area contributed by atoms with Crippen LogP contribution in [0, 0.1) is 5.92 Å². The van der Waals surface area contributed by atoms with Gasteiger partial charge >= 0.3 is 11.9 Å². The zero-order valence-corrected chi connectivity index (χ0v) is 10.0. The van der Waals surface area contributed by atoms with Crippen LogP contribution in [0.3, 0.4) is 0 Å². The third kappa shape index (κ3) is 2.95. The zero-order chi connectivity index (χ0) is 13.1. The summed E-state index contributed by atoms with van der Waals surface area (Å²) in [5.74, 6) is -2.24. The molecule has 6 nitrogen and oxygen atoms in total. The van der Waals surface area contributed by atoms with Gasteiger partial charge in [0, 0.05) is 0 Å². The van der Waals surface area contributed by atoms with E-state index in [0.29, 0.717) is 6.42 Å². The summed E-state index contributed by atoms with van der Waals surface area (Å²) in [5, 5.41) is 19.1. The summed E-state index contributed by atoms with van der Waals surface area (Å²) >= 11 is 0. The van der Waals surface area contributed by atoms with E-state index in [1.165, 1.54) is 0 Å². The lowest BCUT2D eigenvalue weighted by Crippen LogP contribution is -2.43. The van der Waals surface area contributed by atoms with Crippen LogP contribution in [0.2, 0.25) is 0 Å². The van der Waals surface area contributed by atoms with Gasteiger partial charge in [-0.2, -0.15) is 0 Å². The van der Waals surface area contributed by atoms with Gasteiger partial charge < -0.3 is 10.2 Å². The molecule has 0 amide bonds. The van der Waals surface area contributed by atoms with Crippen LogP contribution in [-0.4, -0.2) is 33.9 Å². The monoisotopic (exact) mass is 246 g/mol.